The fourth-order valence-corrected chi connectivity index (χ4v) is 3.47. The maximum atomic E-state index is 11.0. The molecule has 2 rings (SSSR count). The second-order valence-corrected chi connectivity index (χ2v) is 5.80. The first kappa shape index (κ1) is 12.9. The van der Waals surface area contributed by atoms with Crippen molar-refractivity contribution in [2.75, 3.05) is 13.1 Å². The summed E-state index contributed by atoms with van der Waals surface area (Å²) in [5, 5.41) is 9.09. The molecule has 1 saturated carbocycles. The molecule has 0 aromatic heterocycles. The van der Waals surface area contributed by atoms with Gasteiger partial charge in [0, 0.05) is 6.04 Å². The van der Waals surface area contributed by atoms with Crippen molar-refractivity contribution in [3.63, 3.8) is 0 Å². The van der Waals surface area contributed by atoms with Gasteiger partial charge in [0.1, 0.15) is 0 Å². The lowest BCUT2D eigenvalue weighted by molar-refractivity contribution is -0.142. The van der Waals surface area contributed by atoms with Gasteiger partial charge in [-0.25, -0.2) is 0 Å². The fourth-order valence-electron chi connectivity index (χ4n) is 3.47. The zero-order chi connectivity index (χ0) is 12.3. The van der Waals surface area contributed by atoms with Crippen LogP contribution in [-0.2, 0) is 4.79 Å². The zero-order valence-electron chi connectivity index (χ0n) is 10.9. The van der Waals surface area contributed by atoms with Crippen molar-refractivity contribution in [2.24, 2.45) is 11.8 Å². The van der Waals surface area contributed by atoms with Crippen molar-refractivity contribution < 1.29 is 9.90 Å². The molecule has 0 bridgehead atoms. The minimum Gasteiger partial charge on any atom is -0.481 e. The van der Waals surface area contributed by atoms with Crippen molar-refractivity contribution in [2.45, 2.75) is 57.9 Å². The van der Waals surface area contributed by atoms with Gasteiger partial charge >= 0.3 is 5.97 Å². The van der Waals surface area contributed by atoms with Crippen LogP contribution in [0.1, 0.15) is 51.9 Å². The van der Waals surface area contributed by atoms with Gasteiger partial charge in [0.05, 0.1) is 5.92 Å². The Morgan fingerprint density at radius 2 is 1.94 bits per heavy atom. The van der Waals surface area contributed by atoms with Crippen molar-refractivity contribution in [3.8, 4) is 0 Å². The van der Waals surface area contributed by atoms with E-state index in [9.17, 15) is 4.79 Å². The lowest BCUT2D eigenvalue weighted by atomic mass is 9.87. The quantitative estimate of drug-likeness (QED) is 0.820. The van der Waals surface area contributed by atoms with E-state index in [0.29, 0.717) is 0 Å². The summed E-state index contributed by atoms with van der Waals surface area (Å²) in [5.41, 5.74) is 0. The molecule has 3 nitrogen and oxygen atoms in total. The van der Waals surface area contributed by atoms with Crippen molar-refractivity contribution in [1.82, 2.24) is 4.90 Å². The van der Waals surface area contributed by atoms with E-state index >= 15 is 0 Å². The normalized spacial score (nSPS) is 31.8. The Morgan fingerprint density at radius 1 is 1.24 bits per heavy atom. The van der Waals surface area contributed by atoms with Crippen LogP contribution in [-0.4, -0.2) is 35.1 Å². The number of nitrogens with zero attached hydrogens (tertiary/aromatic N) is 1. The molecule has 0 amide bonds. The number of carbonyl (C=O) groups is 1. The van der Waals surface area contributed by atoms with E-state index in [0.717, 1.165) is 25.4 Å². The molecule has 2 fully saturated rings. The van der Waals surface area contributed by atoms with Crippen LogP contribution >= 0.6 is 0 Å². The molecule has 0 spiro atoms. The van der Waals surface area contributed by atoms with E-state index in [2.05, 4.69) is 11.8 Å². The molecule has 3 heteroatoms. The SMILES string of the molecule is CC1C(C(=O)O)CCN1CCC1CCCCC1. The van der Waals surface area contributed by atoms with Gasteiger partial charge < -0.3 is 5.11 Å². The summed E-state index contributed by atoms with van der Waals surface area (Å²) in [7, 11) is 0. The number of carboxylic acids is 1. The topological polar surface area (TPSA) is 40.5 Å². The third-order valence-electron chi connectivity index (χ3n) is 4.75. The molecule has 1 heterocycles. The maximum absolute atomic E-state index is 11.0. The summed E-state index contributed by atoms with van der Waals surface area (Å²) < 4.78 is 0. The van der Waals surface area contributed by atoms with Gasteiger partial charge in [-0.15, -0.1) is 0 Å². The van der Waals surface area contributed by atoms with Crippen molar-refractivity contribution in [3.05, 3.63) is 0 Å². The van der Waals surface area contributed by atoms with Crippen molar-refractivity contribution >= 4 is 5.97 Å². The number of likely N-dealkylation sites (tertiary alicyclic amines) is 1. The number of aliphatic carboxylic acids is 1. The largest absolute Gasteiger partial charge is 0.481 e. The Hall–Kier alpha value is -0.570. The zero-order valence-corrected chi connectivity index (χ0v) is 10.9. The molecule has 2 atom stereocenters. The number of carboxylic acid groups (broad SMARTS) is 1. The van der Waals surface area contributed by atoms with Gasteiger partial charge in [-0.2, -0.15) is 0 Å². The van der Waals surface area contributed by atoms with E-state index in [-0.39, 0.29) is 12.0 Å². The second-order valence-electron chi connectivity index (χ2n) is 5.80. The molecule has 2 unspecified atom stereocenters. The average molecular weight is 239 g/mol. The lowest BCUT2D eigenvalue weighted by Crippen LogP contribution is -2.34. The number of hydrogen-bond donors (Lipinski definition) is 1. The summed E-state index contributed by atoms with van der Waals surface area (Å²) in [4.78, 5) is 13.4. The molecule has 0 aromatic carbocycles. The minimum atomic E-state index is -0.613. The van der Waals surface area contributed by atoms with E-state index < -0.39 is 5.97 Å². The molecule has 0 aromatic rings. The number of rotatable bonds is 4. The first-order chi connectivity index (χ1) is 8.18. The molecule has 1 N–H and O–H groups in total. The molecular formula is C14H25NO2. The van der Waals surface area contributed by atoms with Gasteiger partial charge in [0.15, 0.2) is 0 Å². The Labute approximate surface area is 104 Å². The smallest absolute Gasteiger partial charge is 0.308 e. The third kappa shape index (κ3) is 3.21. The van der Waals surface area contributed by atoms with E-state index in [1.54, 1.807) is 0 Å². The molecule has 0 radical (unpaired) electrons. The average Bonchev–Trinajstić information content (AvgIpc) is 2.69. The third-order valence-corrected chi connectivity index (χ3v) is 4.75. The summed E-state index contributed by atoms with van der Waals surface area (Å²) in [6, 6.07) is 0.232. The lowest BCUT2D eigenvalue weighted by Gasteiger charge is -2.27. The second kappa shape index (κ2) is 5.85. The predicted molar refractivity (Wildman–Crippen MR) is 68.0 cm³/mol. The highest BCUT2D eigenvalue weighted by Crippen LogP contribution is 2.29. The van der Waals surface area contributed by atoms with Crippen LogP contribution in [0.4, 0.5) is 0 Å². The van der Waals surface area contributed by atoms with Gasteiger partial charge in [-0.05, 0) is 38.8 Å². The standard InChI is InChI=1S/C14H25NO2/c1-11-13(14(16)17)8-10-15(11)9-7-12-5-3-2-4-6-12/h11-13H,2-10H2,1H3,(H,16,17). The van der Waals surface area contributed by atoms with Crippen LogP contribution in [0.25, 0.3) is 0 Å². The Bertz CT molecular complexity index is 261. The highest BCUT2D eigenvalue weighted by atomic mass is 16.4. The van der Waals surface area contributed by atoms with Crippen LogP contribution in [0.2, 0.25) is 0 Å². The summed E-state index contributed by atoms with van der Waals surface area (Å²) in [6.07, 6.45) is 9.11. The van der Waals surface area contributed by atoms with Gasteiger partial charge in [0.25, 0.3) is 0 Å². The highest BCUT2D eigenvalue weighted by Gasteiger charge is 2.35. The summed E-state index contributed by atoms with van der Waals surface area (Å²) >= 11 is 0. The van der Waals surface area contributed by atoms with E-state index in [4.69, 9.17) is 5.11 Å². The highest BCUT2D eigenvalue weighted by molar-refractivity contribution is 5.71. The Morgan fingerprint density at radius 3 is 2.53 bits per heavy atom. The molecule has 98 valence electrons. The molecule has 2 aliphatic rings. The molecule has 1 aliphatic carbocycles. The maximum Gasteiger partial charge on any atom is 0.308 e. The Balaban J connectivity index is 1.74. The number of hydrogen-bond acceptors (Lipinski definition) is 2. The molecule has 1 saturated heterocycles. The molecule has 17 heavy (non-hydrogen) atoms. The first-order valence-corrected chi connectivity index (χ1v) is 7.15. The van der Waals surface area contributed by atoms with E-state index in [1.807, 2.05) is 0 Å². The summed E-state index contributed by atoms with van der Waals surface area (Å²) in [6.45, 7) is 4.16. The van der Waals surface area contributed by atoms with Crippen LogP contribution in [0.3, 0.4) is 0 Å². The fraction of sp³-hybridized carbons (Fsp3) is 0.929. The van der Waals surface area contributed by atoms with Gasteiger partial charge in [-0.3, -0.25) is 9.69 Å². The van der Waals surface area contributed by atoms with Crippen LogP contribution < -0.4 is 0 Å². The summed E-state index contributed by atoms with van der Waals surface area (Å²) in [5.74, 6) is 0.152. The van der Waals surface area contributed by atoms with Crippen molar-refractivity contribution in [1.29, 1.82) is 0 Å². The van der Waals surface area contributed by atoms with Crippen LogP contribution in [0.15, 0.2) is 0 Å². The van der Waals surface area contributed by atoms with Crippen LogP contribution in [0, 0.1) is 11.8 Å². The Kier molecular flexibility index (Phi) is 4.43. The van der Waals surface area contributed by atoms with E-state index in [1.165, 1.54) is 38.5 Å². The monoisotopic (exact) mass is 239 g/mol. The van der Waals surface area contributed by atoms with Gasteiger partial charge in [0.2, 0.25) is 0 Å². The molecule has 1 aliphatic heterocycles. The van der Waals surface area contributed by atoms with Gasteiger partial charge in [-0.1, -0.05) is 32.1 Å². The first-order valence-electron chi connectivity index (χ1n) is 7.15. The predicted octanol–water partition coefficient (Wildman–Crippen LogP) is 2.75. The van der Waals surface area contributed by atoms with Crippen LogP contribution in [0.5, 0.6) is 0 Å². The minimum absolute atomic E-state index is 0.138. The molecular weight excluding hydrogens is 214 g/mol.